The van der Waals surface area contributed by atoms with Gasteiger partial charge in [-0.15, -0.1) is 0 Å². The fourth-order valence-corrected chi connectivity index (χ4v) is 4.87. The maximum Gasteiger partial charge on any atom is 0.227 e. The Kier molecular flexibility index (Phi) is 4.68. The van der Waals surface area contributed by atoms with E-state index in [4.69, 9.17) is 0 Å². The average molecular weight is 340 g/mol. The van der Waals surface area contributed by atoms with Gasteiger partial charge in [0, 0.05) is 37.3 Å². The molecular weight excluding hydrogens is 319 g/mol. The molecule has 2 heterocycles. The third-order valence-corrected chi connectivity index (χ3v) is 6.48. The summed E-state index contributed by atoms with van der Waals surface area (Å²) in [6.07, 6.45) is 2.81. The highest BCUT2D eigenvalue weighted by Gasteiger charge is 2.28. The molecule has 0 aliphatic carbocycles. The van der Waals surface area contributed by atoms with E-state index in [9.17, 15) is 17.6 Å². The molecular formula is C16H21FN2O3S. The van der Waals surface area contributed by atoms with Crippen LogP contribution in [0.4, 0.5) is 10.1 Å². The first-order chi connectivity index (χ1) is 11.0. The van der Waals surface area contributed by atoms with Gasteiger partial charge >= 0.3 is 0 Å². The van der Waals surface area contributed by atoms with E-state index in [2.05, 4.69) is 0 Å². The number of carbonyl (C=O) groups is 1. The first kappa shape index (κ1) is 16.4. The molecule has 1 amide bonds. The van der Waals surface area contributed by atoms with Gasteiger partial charge in [-0.05, 0) is 37.8 Å². The molecule has 0 N–H and O–H groups in total. The van der Waals surface area contributed by atoms with Gasteiger partial charge < -0.3 is 4.90 Å². The molecule has 2 aliphatic heterocycles. The lowest BCUT2D eigenvalue weighted by atomic mass is 10.1. The van der Waals surface area contributed by atoms with Crippen molar-refractivity contribution in [2.45, 2.75) is 32.1 Å². The molecule has 1 saturated heterocycles. The summed E-state index contributed by atoms with van der Waals surface area (Å²) in [6, 6.07) is 4.73. The van der Waals surface area contributed by atoms with Gasteiger partial charge in [0.05, 0.1) is 5.75 Å². The smallest absolute Gasteiger partial charge is 0.227 e. The number of carbonyl (C=O) groups excluding carboxylic acids is 1. The van der Waals surface area contributed by atoms with E-state index >= 15 is 0 Å². The quantitative estimate of drug-likeness (QED) is 0.823. The molecule has 0 atom stereocenters. The summed E-state index contributed by atoms with van der Waals surface area (Å²) in [7, 11) is -3.24. The number of hydrogen-bond acceptors (Lipinski definition) is 3. The summed E-state index contributed by atoms with van der Waals surface area (Å²) in [6.45, 7) is 1.65. The third kappa shape index (κ3) is 3.40. The molecule has 1 aromatic carbocycles. The molecule has 3 rings (SSSR count). The SMILES string of the molecule is O=C(CCCS(=O)(=O)N1CCCC1)N1CCc2c(F)cccc21. The van der Waals surface area contributed by atoms with Crippen molar-refractivity contribution < 1.29 is 17.6 Å². The Hall–Kier alpha value is -1.47. The number of rotatable bonds is 5. The van der Waals surface area contributed by atoms with E-state index in [0.29, 0.717) is 43.7 Å². The van der Waals surface area contributed by atoms with Crippen molar-refractivity contribution >= 4 is 21.6 Å². The van der Waals surface area contributed by atoms with Crippen LogP contribution < -0.4 is 4.90 Å². The molecule has 1 fully saturated rings. The fourth-order valence-electron chi connectivity index (χ4n) is 3.29. The van der Waals surface area contributed by atoms with Crippen LogP contribution >= 0.6 is 0 Å². The van der Waals surface area contributed by atoms with Crippen molar-refractivity contribution in [1.82, 2.24) is 4.31 Å². The summed E-state index contributed by atoms with van der Waals surface area (Å²) in [5.41, 5.74) is 1.20. The van der Waals surface area contributed by atoms with Gasteiger partial charge in [-0.2, -0.15) is 0 Å². The Morgan fingerprint density at radius 1 is 1.17 bits per heavy atom. The summed E-state index contributed by atoms with van der Waals surface area (Å²) in [4.78, 5) is 13.9. The monoisotopic (exact) mass is 340 g/mol. The van der Waals surface area contributed by atoms with Gasteiger partial charge in [-0.3, -0.25) is 4.79 Å². The Labute approximate surface area is 136 Å². The molecule has 0 aromatic heterocycles. The zero-order chi connectivity index (χ0) is 16.4. The number of amides is 1. The summed E-state index contributed by atoms with van der Waals surface area (Å²) in [5.74, 6) is -0.414. The van der Waals surface area contributed by atoms with E-state index in [1.54, 1.807) is 17.0 Å². The normalized spacial score (nSPS) is 18.4. The molecule has 7 heteroatoms. The van der Waals surface area contributed by atoms with E-state index in [1.165, 1.54) is 10.4 Å². The number of nitrogens with zero attached hydrogens (tertiary/aromatic N) is 2. The lowest BCUT2D eigenvalue weighted by Gasteiger charge is -2.18. The minimum absolute atomic E-state index is 0.00257. The van der Waals surface area contributed by atoms with Crippen molar-refractivity contribution in [2.24, 2.45) is 0 Å². The molecule has 1 aromatic rings. The van der Waals surface area contributed by atoms with E-state index in [1.807, 2.05) is 0 Å². The second kappa shape index (κ2) is 6.57. The molecule has 2 aliphatic rings. The number of fused-ring (bicyclic) bond motifs is 1. The van der Waals surface area contributed by atoms with E-state index < -0.39 is 10.0 Å². The van der Waals surface area contributed by atoms with Crippen LogP contribution in [0.25, 0.3) is 0 Å². The van der Waals surface area contributed by atoms with Gasteiger partial charge in [-0.25, -0.2) is 17.1 Å². The average Bonchev–Trinajstić information content (AvgIpc) is 3.17. The molecule has 126 valence electrons. The summed E-state index contributed by atoms with van der Waals surface area (Å²) < 4.78 is 39.5. The van der Waals surface area contributed by atoms with E-state index in [0.717, 1.165) is 12.8 Å². The Morgan fingerprint density at radius 3 is 2.65 bits per heavy atom. The van der Waals surface area contributed by atoms with Crippen LogP contribution in [-0.2, 0) is 21.2 Å². The molecule has 0 unspecified atom stereocenters. The van der Waals surface area contributed by atoms with Crippen molar-refractivity contribution in [3.63, 3.8) is 0 Å². The highest BCUT2D eigenvalue weighted by molar-refractivity contribution is 7.89. The molecule has 0 saturated carbocycles. The van der Waals surface area contributed by atoms with Crippen molar-refractivity contribution in [3.8, 4) is 0 Å². The van der Waals surface area contributed by atoms with Gasteiger partial charge in [0.2, 0.25) is 15.9 Å². The van der Waals surface area contributed by atoms with Gasteiger partial charge in [-0.1, -0.05) is 6.07 Å². The number of sulfonamides is 1. The van der Waals surface area contributed by atoms with Crippen LogP contribution in [0, 0.1) is 5.82 Å². The number of hydrogen-bond donors (Lipinski definition) is 0. The highest BCUT2D eigenvalue weighted by Crippen LogP contribution is 2.30. The second-order valence-corrected chi connectivity index (χ2v) is 8.15. The first-order valence-corrected chi connectivity index (χ1v) is 9.65. The topological polar surface area (TPSA) is 57.7 Å². The molecule has 0 radical (unpaired) electrons. The Bertz CT molecular complexity index is 699. The largest absolute Gasteiger partial charge is 0.312 e. The molecule has 0 bridgehead atoms. The minimum atomic E-state index is -3.24. The number of benzene rings is 1. The van der Waals surface area contributed by atoms with Gasteiger partial charge in [0.15, 0.2) is 0 Å². The third-order valence-electron chi connectivity index (χ3n) is 4.52. The van der Waals surface area contributed by atoms with Crippen LogP contribution in [-0.4, -0.2) is 44.0 Å². The van der Waals surface area contributed by atoms with E-state index in [-0.39, 0.29) is 23.9 Å². The van der Waals surface area contributed by atoms with Crippen molar-refractivity contribution in [2.75, 3.05) is 30.3 Å². The number of anilines is 1. The standard InChI is InChI=1S/C16H21FN2O3S/c17-14-5-3-6-15-13(14)8-11-19(15)16(20)7-4-12-23(21,22)18-9-1-2-10-18/h3,5-6H,1-2,4,7-12H2. The zero-order valence-electron chi connectivity index (χ0n) is 13.0. The highest BCUT2D eigenvalue weighted by atomic mass is 32.2. The second-order valence-electron chi connectivity index (χ2n) is 6.06. The van der Waals surface area contributed by atoms with Crippen LogP contribution in [0.1, 0.15) is 31.2 Å². The first-order valence-electron chi connectivity index (χ1n) is 8.04. The van der Waals surface area contributed by atoms with Crippen LogP contribution in [0.5, 0.6) is 0 Å². The van der Waals surface area contributed by atoms with Crippen molar-refractivity contribution in [3.05, 3.63) is 29.6 Å². The van der Waals surface area contributed by atoms with Crippen molar-refractivity contribution in [1.29, 1.82) is 0 Å². The lowest BCUT2D eigenvalue weighted by Crippen LogP contribution is -2.32. The van der Waals surface area contributed by atoms with Gasteiger partial charge in [0.25, 0.3) is 0 Å². The Balaban J connectivity index is 1.56. The number of halogens is 1. The van der Waals surface area contributed by atoms with Crippen LogP contribution in [0.3, 0.4) is 0 Å². The predicted molar refractivity (Wildman–Crippen MR) is 86.3 cm³/mol. The lowest BCUT2D eigenvalue weighted by molar-refractivity contribution is -0.118. The Morgan fingerprint density at radius 2 is 1.91 bits per heavy atom. The summed E-state index contributed by atoms with van der Waals surface area (Å²) in [5, 5.41) is 0. The minimum Gasteiger partial charge on any atom is -0.312 e. The maximum absolute atomic E-state index is 13.7. The van der Waals surface area contributed by atoms with Gasteiger partial charge in [0.1, 0.15) is 5.82 Å². The predicted octanol–water partition coefficient (Wildman–Crippen LogP) is 1.92. The molecule has 23 heavy (non-hydrogen) atoms. The maximum atomic E-state index is 13.7. The fraction of sp³-hybridized carbons (Fsp3) is 0.562. The molecule has 5 nitrogen and oxygen atoms in total. The van der Waals surface area contributed by atoms with Crippen LogP contribution in [0.15, 0.2) is 18.2 Å². The van der Waals surface area contributed by atoms with Crippen LogP contribution in [0.2, 0.25) is 0 Å². The zero-order valence-corrected chi connectivity index (χ0v) is 13.8. The summed E-state index contributed by atoms with van der Waals surface area (Å²) >= 11 is 0. The molecule has 0 spiro atoms.